The van der Waals surface area contributed by atoms with E-state index in [1.54, 1.807) is 0 Å². The fraction of sp³-hybridized carbons (Fsp3) is 0.727. The van der Waals surface area contributed by atoms with Crippen molar-refractivity contribution >= 4 is 5.91 Å². The zero-order chi connectivity index (χ0) is 10.9. The molecule has 1 rings (SSSR count). The number of amides is 1. The summed E-state index contributed by atoms with van der Waals surface area (Å²) >= 11 is 0. The minimum atomic E-state index is -0.213. The summed E-state index contributed by atoms with van der Waals surface area (Å²) in [6, 6.07) is 0. The van der Waals surface area contributed by atoms with Gasteiger partial charge >= 0.3 is 0 Å². The maximum absolute atomic E-state index is 11.7. The Hall–Kier alpha value is -0.830. The van der Waals surface area contributed by atoms with Crippen molar-refractivity contribution in [1.82, 2.24) is 5.06 Å². The first-order valence-electron chi connectivity index (χ1n) is 5.18. The third-order valence-corrected chi connectivity index (χ3v) is 2.68. The first kappa shape index (κ1) is 11.2. The molecule has 0 aromatic heterocycles. The molecule has 3 heteroatoms. The third-order valence-electron chi connectivity index (χ3n) is 2.68. The Labute approximate surface area is 85.4 Å². The van der Waals surface area contributed by atoms with Crippen molar-refractivity contribution < 1.29 is 10.0 Å². The first-order chi connectivity index (χ1) is 6.45. The van der Waals surface area contributed by atoms with Crippen LogP contribution in [-0.2, 0) is 4.79 Å². The summed E-state index contributed by atoms with van der Waals surface area (Å²) in [6.45, 7) is 8.61. The quantitative estimate of drug-likeness (QED) is 0.689. The van der Waals surface area contributed by atoms with E-state index >= 15 is 0 Å². The number of carbonyl (C=O) groups excluding carboxylic acids is 1. The molecule has 0 aromatic rings. The fourth-order valence-corrected chi connectivity index (χ4v) is 1.96. The van der Waals surface area contributed by atoms with Crippen LogP contribution in [0.25, 0.3) is 0 Å². The molecule has 0 atom stereocenters. The third kappa shape index (κ3) is 1.98. The second-order valence-corrected chi connectivity index (χ2v) is 4.43. The van der Waals surface area contributed by atoms with Crippen LogP contribution >= 0.6 is 0 Å². The van der Waals surface area contributed by atoms with Crippen LogP contribution in [0.3, 0.4) is 0 Å². The molecule has 1 N–H and O–H groups in total. The van der Waals surface area contributed by atoms with Crippen LogP contribution in [0.2, 0.25) is 0 Å². The standard InChI is InChI=1S/C11H19NO2/c1-7(2)9-5-6-12(14)11(13)10(9)8(3)4/h7-8,14H,5-6H2,1-4H3. The van der Waals surface area contributed by atoms with Crippen LogP contribution in [0.4, 0.5) is 0 Å². The molecule has 0 fully saturated rings. The van der Waals surface area contributed by atoms with E-state index in [4.69, 9.17) is 0 Å². The van der Waals surface area contributed by atoms with E-state index < -0.39 is 0 Å². The highest BCUT2D eigenvalue weighted by Crippen LogP contribution is 2.29. The summed E-state index contributed by atoms with van der Waals surface area (Å²) < 4.78 is 0. The highest BCUT2D eigenvalue weighted by molar-refractivity contribution is 5.94. The van der Waals surface area contributed by atoms with Gasteiger partial charge in [-0.2, -0.15) is 0 Å². The van der Waals surface area contributed by atoms with Gasteiger partial charge in [0.2, 0.25) is 0 Å². The Morgan fingerprint density at radius 3 is 2.21 bits per heavy atom. The highest BCUT2D eigenvalue weighted by atomic mass is 16.5. The van der Waals surface area contributed by atoms with Gasteiger partial charge in [-0.05, 0) is 18.3 Å². The van der Waals surface area contributed by atoms with Crippen molar-refractivity contribution in [3.05, 3.63) is 11.1 Å². The summed E-state index contributed by atoms with van der Waals surface area (Å²) in [6.07, 6.45) is 0.799. The van der Waals surface area contributed by atoms with E-state index in [9.17, 15) is 10.0 Å². The normalized spacial score (nSPS) is 18.8. The van der Waals surface area contributed by atoms with E-state index in [0.29, 0.717) is 12.5 Å². The Bertz CT molecular complexity index is 266. The summed E-state index contributed by atoms with van der Waals surface area (Å²) in [5.74, 6) is 0.370. The lowest BCUT2D eigenvalue weighted by Crippen LogP contribution is -2.37. The molecule has 0 aromatic carbocycles. The van der Waals surface area contributed by atoms with Gasteiger partial charge in [0.15, 0.2) is 0 Å². The van der Waals surface area contributed by atoms with Crippen molar-refractivity contribution in [1.29, 1.82) is 0 Å². The van der Waals surface area contributed by atoms with Gasteiger partial charge in [-0.15, -0.1) is 0 Å². The molecule has 1 amide bonds. The number of hydrogen-bond donors (Lipinski definition) is 1. The molecule has 3 nitrogen and oxygen atoms in total. The van der Waals surface area contributed by atoms with Gasteiger partial charge in [0.25, 0.3) is 5.91 Å². The lowest BCUT2D eigenvalue weighted by Gasteiger charge is -2.29. The Morgan fingerprint density at radius 1 is 1.21 bits per heavy atom. The predicted octanol–water partition coefficient (Wildman–Crippen LogP) is 2.22. The van der Waals surface area contributed by atoms with Gasteiger partial charge in [-0.3, -0.25) is 10.0 Å². The molecule has 0 saturated carbocycles. The number of nitrogens with zero attached hydrogens (tertiary/aromatic N) is 1. The smallest absolute Gasteiger partial charge is 0.273 e. The van der Waals surface area contributed by atoms with Crippen LogP contribution in [0, 0.1) is 11.8 Å². The average molecular weight is 197 g/mol. The van der Waals surface area contributed by atoms with Crippen LogP contribution in [-0.4, -0.2) is 22.7 Å². The zero-order valence-corrected chi connectivity index (χ0v) is 9.37. The SMILES string of the molecule is CC(C)C1=C(C(C)C)C(=O)N(O)CC1. The molecule has 1 aliphatic rings. The molecule has 1 heterocycles. The number of hydrogen-bond acceptors (Lipinski definition) is 2. The molecule has 1 aliphatic heterocycles. The molecule has 14 heavy (non-hydrogen) atoms. The lowest BCUT2D eigenvalue weighted by atomic mass is 9.86. The van der Waals surface area contributed by atoms with Crippen LogP contribution in [0.15, 0.2) is 11.1 Å². The predicted molar refractivity (Wildman–Crippen MR) is 54.8 cm³/mol. The second kappa shape index (κ2) is 4.13. The van der Waals surface area contributed by atoms with Crippen LogP contribution in [0.5, 0.6) is 0 Å². The second-order valence-electron chi connectivity index (χ2n) is 4.43. The summed E-state index contributed by atoms with van der Waals surface area (Å²) in [7, 11) is 0. The van der Waals surface area contributed by atoms with Crippen LogP contribution < -0.4 is 0 Å². The largest absolute Gasteiger partial charge is 0.286 e. The minimum absolute atomic E-state index is 0.190. The molecule has 80 valence electrons. The molecule has 0 bridgehead atoms. The van der Waals surface area contributed by atoms with Crippen molar-refractivity contribution in [3.63, 3.8) is 0 Å². The van der Waals surface area contributed by atoms with E-state index in [1.165, 1.54) is 5.57 Å². The van der Waals surface area contributed by atoms with E-state index in [2.05, 4.69) is 13.8 Å². The van der Waals surface area contributed by atoms with E-state index in [-0.39, 0.29) is 11.8 Å². The average Bonchev–Trinajstić information content (AvgIpc) is 2.08. The van der Waals surface area contributed by atoms with Gasteiger partial charge in [0, 0.05) is 5.57 Å². The highest BCUT2D eigenvalue weighted by Gasteiger charge is 2.28. The maximum Gasteiger partial charge on any atom is 0.273 e. The van der Waals surface area contributed by atoms with E-state index in [0.717, 1.165) is 17.1 Å². The minimum Gasteiger partial charge on any atom is -0.286 e. The molecular weight excluding hydrogens is 178 g/mol. The number of carbonyl (C=O) groups is 1. The van der Waals surface area contributed by atoms with Crippen molar-refractivity contribution in [2.24, 2.45) is 11.8 Å². The van der Waals surface area contributed by atoms with Crippen molar-refractivity contribution in [3.8, 4) is 0 Å². The molecule has 0 unspecified atom stereocenters. The van der Waals surface area contributed by atoms with Gasteiger partial charge in [0.05, 0.1) is 6.54 Å². The summed E-state index contributed by atoms with van der Waals surface area (Å²) in [5.41, 5.74) is 2.00. The first-order valence-corrected chi connectivity index (χ1v) is 5.18. The number of hydroxylamine groups is 2. The molecular formula is C11H19NO2. The molecule has 0 radical (unpaired) electrons. The Morgan fingerprint density at radius 2 is 1.79 bits per heavy atom. The van der Waals surface area contributed by atoms with Gasteiger partial charge in [0.1, 0.15) is 0 Å². The van der Waals surface area contributed by atoms with Crippen molar-refractivity contribution in [2.75, 3.05) is 6.54 Å². The van der Waals surface area contributed by atoms with Crippen molar-refractivity contribution in [2.45, 2.75) is 34.1 Å². The maximum atomic E-state index is 11.7. The Balaban J connectivity index is 3.10. The topological polar surface area (TPSA) is 40.5 Å². The van der Waals surface area contributed by atoms with Gasteiger partial charge in [-0.25, -0.2) is 5.06 Å². The molecule has 0 saturated heterocycles. The fourth-order valence-electron chi connectivity index (χ4n) is 1.96. The summed E-state index contributed by atoms with van der Waals surface area (Å²) in [4.78, 5) is 11.7. The van der Waals surface area contributed by atoms with E-state index in [1.807, 2.05) is 13.8 Å². The lowest BCUT2D eigenvalue weighted by molar-refractivity contribution is -0.162. The van der Waals surface area contributed by atoms with Gasteiger partial charge < -0.3 is 0 Å². The Kier molecular flexibility index (Phi) is 3.32. The number of rotatable bonds is 2. The van der Waals surface area contributed by atoms with Crippen LogP contribution in [0.1, 0.15) is 34.1 Å². The summed E-state index contributed by atoms with van der Waals surface area (Å²) in [5, 5.41) is 10.2. The molecule has 0 aliphatic carbocycles. The zero-order valence-electron chi connectivity index (χ0n) is 9.37. The molecule has 0 spiro atoms. The monoisotopic (exact) mass is 197 g/mol. The van der Waals surface area contributed by atoms with Gasteiger partial charge in [-0.1, -0.05) is 33.3 Å².